The third-order valence-electron chi connectivity index (χ3n) is 7.53. The molecule has 4 N–H and O–H groups in total. The van der Waals surface area contributed by atoms with Gasteiger partial charge in [-0.2, -0.15) is 0 Å². The first-order valence-electron chi connectivity index (χ1n) is 10.7. The molecule has 2 unspecified atom stereocenters. The third-order valence-corrected chi connectivity index (χ3v) is 7.53. The Balaban J connectivity index is 1.43. The molecule has 0 aromatic heterocycles. The molecule has 5 aliphatic rings. The second kappa shape index (κ2) is 6.81. The van der Waals surface area contributed by atoms with Gasteiger partial charge in [-0.1, -0.05) is 13.8 Å². The van der Waals surface area contributed by atoms with E-state index in [0.29, 0.717) is 12.5 Å². The molecule has 0 saturated heterocycles. The Kier molecular flexibility index (Phi) is 4.79. The minimum Gasteiger partial charge on any atom is -0.350 e. The summed E-state index contributed by atoms with van der Waals surface area (Å²) in [6.45, 7) is 4.50. The van der Waals surface area contributed by atoms with Gasteiger partial charge in [0.25, 0.3) is 0 Å². The van der Waals surface area contributed by atoms with E-state index in [1.54, 1.807) is 0 Å². The number of amides is 2. The zero-order chi connectivity index (χ0) is 18.5. The topological polar surface area (TPSA) is 84.2 Å². The maximum atomic E-state index is 13.3. The zero-order valence-corrected chi connectivity index (χ0v) is 16.3. The van der Waals surface area contributed by atoms with Crippen molar-refractivity contribution in [2.75, 3.05) is 6.54 Å². The molecule has 4 bridgehead atoms. The molecule has 5 rings (SSSR count). The summed E-state index contributed by atoms with van der Waals surface area (Å²) in [5.74, 6) is 2.88. The Bertz CT molecular complexity index is 534. The van der Waals surface area contributed by atoms with E-state index in [1.165, 1.54) is 19.3 Å². The SMILES string of the molecule is CC(C)C(NC(=O)C12CC3CC(CC(C3)C1)C2)C(=O)NC(CN)C1CC1. The predicted molar refractivity (Wildman–Crippen MR) is 101 cm³/mol. The van der Waals surface area contributed by atoms with Gasteiger partial charge in [-0.25, -0.2) is 0 Å². The Morgan fingerprint density at radius 3 is 1.96 bits per heavy atom. The van der Waals surface area contributed by atoms with Gasteiger partial charge in [0, 0.05) is 18.0 Å². The molecule has 5 saturated carbocycles. The van der Waals surface area contributed by atoms with Crippen LogP contribution in [0.15, 0.2) is 0 Å². The van der Waals surface area contributed by atoms with Gasteiger partial charge in [0.05, 0.1) is 0 Å². The third kappa shape index (κ3) is 3.39. The van der Waals surface area contributed by atoms with E-state index >= 15 is 0 Å². The molecule has 26 heavy (non-hydrogen) atoms. The van der Waals surface area contributed by atoms with Crippen LogP contribution in [-0.2, 0) is 9.59 Å². The normalized spacial score (nSPS) is 37.5. The quantitative estimate of drug-likeness (QED) is 0.650. The average molecular weight is 362 g/mol. The van der Waals surface area contributed by atoms with Crippen LogP contribution in [0.1, 0.15) is 65.2 Å². The summed E-state index contributed by atoms with van der Waals surface area (Å²) in [6.07, 6.45) is 9.35. The highest BCUT2D eigenvalue weighted by atomic mass is 16.2. The van der Waals surface area contributed by atoms with Crippen LogP contribution in [0.4, 0.5) is 0 Å². The van der Waals surface area contributed by atoms with Gasteiger partial charge in [0.15, 0.2) is 0 Å². The van der Waals surface area contributed by atoms with E-state index in [0.717, 1.165) is 49.9 Å². The van der Waals surface area contributed by atoms with Crippen molar-refractivity contribution < 1.29 is 9.59 Å². The predicted octanol–water partition coefficient (Wildman–Crippen LogP) is 2.20. The summed E-state index contributed by atoms with van der Waals surface area (Å²) in [4.78, 5) is 26.2. The first-order valence-corrected chi connectivity index (χ1v) is 10.7. The van der Waals surface area contributed by atoms with Crippen LogP contribution < -0.4 is 16.4 Å². The van der Waals surface area contributed by atoms with E-state index < -0.39 is 6.04 Å². The van der Waals surface area contributed by atoms with Crippen LogP contribution in [0.3, 0.4) is 0 Å². The van der Waals surface area contributed by atoms with Gasteiger partial charge in [-0.15, -0.1) is 0 Å². The first kappa shape index (κ1) is 18.3. The van der Waals surface area contributed by atoms with Gasteiger partial charge in [-0.05, 0) is 81.0 Å². The van der Waals surface area contributed by atoms with Gasteiger partial charge in [0.1, 0.15) is 6.04 Å². The maximum absolute atomic E-state index is 13.3. The Labute approximate surface area is 157 Å². The smallest absolute Gasteiger partial charge is 0.243 e. The van der Waals surface area contributed by atoms with E-state index in [9.17, 15) is 9.59 Å². The standard InChI is InChI=1S/C21H35N3O2/c1-12(2)18(19(25)23-17(11-22)16-3-4-16)24-20(26)21-8-13-5-14(9-21)7-15(6-13)10-21/h12-18H,3-11,22H2,1-2H3,(H,23,25)(H,24,26). The number of hydrogen-bond donors (Lipinski definition) is 3. The number of carbonyl (C=O) groups is 2. The van der Waals surface area contributed by atoms with Crippen molar-refractivity contribution in [3.63, 3.8) is 0 Å². The van der Waals surface area contributed by atoms with Crippen molar-refractivity contribution >= 4 is 11.8 Å². The lowest BCUT2D eigenvalue weighted by Crippen LogP contribution is -2.59. The zero-order valence-electron chi connectivity index (χ0n) is 16.3. The fourth-order valence-corrected chi connectivity index (χ4v) is 6.36. The first-order chi connectivity index (χ1) is 12.4. The molecule has 5 heteroatoms. The van der Waals surface area contributed by atoms with Crippen molar-refractivity contribution in [2.24, 2.45) is 40.7 Å². The summed E-state index contributed by atoms with van der Waals surface area (Å²) in [5, 5.41) is 6.28. The molecular formula is C21H35N3O2. The lowest BCUT2D eigenvalue weighted by atomic mass is 9.49. The highest BCUT2D eigenvalue weighted by molar-refractivity contribution is 5.90. The van der Waals surface area contributed by atoms with Crippen molar-refractivity contribution in [3.8, 4) is 0 Å². The minimum atomic E-state index is -0.455. The largest absolute Gasteiger partial charge is 0.350 e. The summed E-state index contributed by atoms with van der Waals surface area (Å²) >= 11 is 0. The maximum Gasteiger partial charge on any atom is 0.243 e. The molecular weight excluding hydrogens is 326 g/mol. The van der Waals surface area contributed by atoms with Crippen LogP contribution >= 0.6 is 0 Å². The Hall–Kier alpha value is -1.10. The average Bonchev–Trinajstić information content (AvgIpc) is 3.40. The van der Waals surface area contributed by atoms with E-state index in [4.69, 9.17) is 5.73 Å². The van der Waals surface area contributed by atoms with Crippen molar-refractivity contribution in [3.05, 3.63) is 0 Å². The fraction of sp³-hybridized carbons (Fsp3) is 0.905. The molecule has 2 atom stereocenters. The van der Waals surface area contributed by atoms with E-state index in [2.05, 4.69) is 10.6 Å². The Morgan fingerprint density at radius 1 is 1.00 bits per heavy atom. The number of rotatable bonds is 7. The van der Waals surface area contributed by atoms with Crippen LogP contribution in [0.2, 0.25) is 0 Å². The number of carbonyl (C=O) groups excluding carboxylic acids is 2. The summed E-state index contributed by atoms with van der Waals surface area (Å²) < 4.78 is 0. The lowest BCUT2D eigenvalue weighted by Gasteiger charge is -2.55. The van der Waals surface area contributed by atoms with Gasteiger partial charge < -0.3 is 16.4 Å². The second-order valence-electron chi connectivity index (χ2n) is 10.1. The Morgan fingerprint density at radius 2 is 1.54 bits per heavy atom. The summed E-state index contributed by atoms with van der Waals surface area (Å²) in [6, 6.07) is -0.400. The number of nitrogens with two attached hydrogens (primary N) is 1. The highest BCUT2D eigenvalue weighted by Gasteiger charge is 2.55. The van der Waals surface area contributed by atoms with Crippen LogP contribution in [0.25, 0.3) is 0 Å². The molecule has 5 aliphatic carbocycles. The van der Waals surface area contributed by atoms with Crippen molar-refractivity contribution in [1.82, 2.24) is 10.6 Å². The van der Waals surface area contributed by atoms with Gasteiger partial charge >= 0.3 is 0 Å². The molecule has 146 valence electrons. The molecule has 0 radical (unpaired) electrons. The molecule has 0 aliphatic heterocycles. The molecule has 0 heterocycles. The lowest BCUT2D eigenvalue weighted by molar-refractivity contribution is -0.149. The number of hydrogen-bond acceptors (Lipinski definition) is 3. The van der Waals surface area contributed by atoms with E-state index in [1.807, 2.05) is 13.8 Å². The monoisotopic (exact) mass is 361 g/mol. The fourth-order valence-electron chi connectivity index (χ4n) is 6.36. The van der Waals surface area contributed by atoms with Crippen molar-refractivity contribution in [1.29, 1.82) is 0 Å². The van der Waals surface area contributed by atoms with Crippen LogP contribution in [-0.4, -0.2) is 30.4 Å². The molecule has 0 aromatic carbocycles. The number of nitrogens with one attached hydrogen (secondary N) is 2. The van der Waals surface area contributed by atoms with Crippen molar-refractivity contribution in [2.45, 2.75) is 77.3 Å². The van der Waals surface area contributed by atoms with Gasteiger partial charge in [-0.3, -0.25) is 9.59 Å². The molecule has 5 nitrogen and oxygen atoms in total. The minimum absolute atomic E-state index is 0.0552. The van der Waals surface area contributed by atoms with Crippen LogP contribution in [0, 0.1) is 35.0 Å². The molecule has 2 amide bonds. The molecule has 0 aromatic rings. The van der Waals surface area contributed by atoms with Gasteiger partial charge in [0.2, 0.25) is 11.8 Å². The molecule has 5 fully saturated rings. The van der Waals surface area contributed by atoms with E-state index in [-0.39, 0.29) is 29.2 Å². The second-order valence-corrected chi connectivity index (χ2v) is 10.1. The van der Waals surface area contributed by atoms with Crippen LogP contribution in [0.5, 0.6) is 0 Å². The molecule has 0 spiro atoms. The highest BCUT2D eigenvalue weighted by Crippen LogP contribution is 2.60. The summed E-state index contributed by atoms with van der Waals surface area (Å²) in [5.41, 5.74) is 5.64. The summed E-state index contributed by atoms with van der Waals surface area (Å²) in [7, 11) is 0.